The van der Waals surface area contributed by atoms with E-state index in [4.69, 9.17) is 9.47 Å². The Labute approximate surface area is 159 Å². The Morgan fingerprint density at radius 2 is 1.85 bits per heavy atom. The summed E-state index contributed by atoms with van der Waals surface area (Å²) in [5.41, 5.74) is 0.137. The van der Waals surface area contributed by atoms with Gasteiger partial charge in [0.1, 0.15) is 12.2 Å². The lowest BCUT2D eigenvalue weighted by atomic mass is 10.1. The van der Waals surface area contributed by atoms with E-state index in [0.29, 0.717) is 17.6 Å². The molecule has 2 amide bonds. The Balaban J connectivity index is 2.16. The van der Waals surface area contributed by atoms with Crippen LogP contribution in [-0.4, -0.2) is 60.1 Å². The zero-order chi connectivity index (χ0) is 20.2. The summed E-state index contributed by atoms with van der Waals surface area (Å²) in [7, 11) is 3.59. The molecule has 1 aliphatic rings. The van der Waals surface area contributed by atoms with Gasteiger partial charge in [0.15, 0.2) is 0 Å². The summed E-state index contributed by atoms with van der Waals surface area (Å²) >= 11 is 0. The molecule has 0 bridgehead atoms. The van der Waals surface area contributed by atoms with Crippen molar-refractivity contribution < 1.29 is 23.9 Å². The first-order chi connectivity index (χ1) is 12.6. The maximum atomic E-state index is 12.7. The highest BCUT2D eigenvalue weighted by molar-refractivity contribution is 6.05. The van der Waals surface area contributed by atoms with E-state index in [1.807, 2.05) is 0 Å². The van der Waals surface area contributed by atoms with Crippen molar-refractivity contribution in [2.24, 2.45) is 0 Å². The molecule has 1 aromatic rings. The van der Waals surface area contributed by atoms with E-state index in [9.17, 15) is 14.4 Å². The van der Waals surface area contributed by atoms with Gasteiger partial charge in [-0.1, -0.05) is 18.2 Å². The van der Waals surface area contributed by atoms with Gasteiger partial charge in [-0.25, -0.2) is 14.5 Å². The minimum absolute atomic E-state index is 0.0938. The second-order valence-corrected chi connectivity index (χ2v) is 7.60. The molecule has 146 valence electrons. The first-order valence-corrected chi connectivity index (χ1v) is 8.74. The van der Waals surface area contributed by atoms with Gasteiger partial charge in [-0.2, -0.15) is 0 Å². The van der Waals surface area contributed by atoms with Crippen molar-refractivity contribution >= 4 is 18.0 Å². The van der Waals surface area contributed by atoms with Crippen LogP contribution < -0.4 is 0 Å². The van der Waals surface area contributed by atoms with E-state index < -0.39 is 29.6 Å². The summed E-state index contributed by atoms with van der Waals surface area (Å²) in [6.45, 7) is 5.09. The molecule has 0 radical (unpaired) electrons. The van der Waals surface area contributed by atoms with Crippen molar-refractivity contribution in [2.45, 2.75) is 38.8 Å². The number of hydrogen-bond acceptors (Lipinski definition) is 6. The van der Waals surface area contributed by atoms with E-state index in [1.54, 1.807) is 76.3 Å². The molecular formula is C20H26N2O5. The quantitative estimate of drug-likeness (QED) is 0.596. The molecule has 1 saturated heterocycles. The number of imide groups is 1. The van der Waals surface area contributed by atoms with Crippen LogP contribution in [-0.2, 0) is 14.3 Å². The Kier molecular flexibility index (Phi) is 6.25. The molecule has 1 unspecified atom stereocenters. The van der Waals surface area contributed by atoms with Crippen molar-refractivity contribution in [2.75, 3.05) is 20.7 Å². The number of carbonyl (C=O) groups excluding carboxylic acids is 3. The predicted molar refractivity (Wildman–Crippen MR) is 100.0 cm³/mol. The molecule has 7 heteroatoms. The molecule has 1 heterocycles. The summed E-state index contributed by atoms with van der Waals surface area (Å²) in [6, 6.07) is 7.96. The number of rotatable bonds is 4. The van der Waals surface area contributed by atoms with Crippen LogP contribution in [0.5, 0.6) is 0 Å². The molecule has 7 nitrogen and oxygen atoms in total. The normalized spacial score (nSPS) is 18.6. The van der Waals surface area contributed by atoms with Crippen molar-refractivity contribution in [3.8, 4) is 0 Å². The largest absolute Gasteiger partial charge is 0.460 e. The fourth-order valence-corrected chi connectivity index (χ4v) is 2.68. The minimum Gasteiger partial charge on any atom is -0.460 e. The van der Waals surface area contributed by atoms with E-state index >= 15 is 0 Å². The zero-order valence-electron chi connectivity index (χ0n) is 16.4. The molecule has 0 saturated carbocycles. The highest BCUT2D eigenvalue weighted by Gasteiger charge is 2.42. The van der Waals surface area contributed by atoms with E-state index in [1.165, 1.54) is 0 Å². The number of likely N-dealkylation sites (tertiary alicyclic amines) is 1. The lowest BCUT2D eigenvalue weighted by Crippen LogP contribution is -2.44. The van der Waals surface area contributed by atoms with Crippen LogP contribution in [0.1, 0.15) is 37.6 Å². The number of esters is 1. The Morgan fingerprint density at radius 1 is 1.22 bits per heavy atom. The fraction of sp³-hybridized carbons (Fsp3) is 0.450. The first kappa shape index (κ1) is 20.5. The van der Waals surface area contributed by atoms with Gasteiger partial charge < -0.3 is 14.4 Å². The van der Waals surface area contributed by atoms with Gasteiger partial charge in [-0.05, 0) is 32.9 Å². The van der Waals surface area contributed by atoms with Gasteiger partial charge >= 0.3 is 12.1 Å². The molecule has 27 heavy (non-hydrogen) atoms. The second-order valence-electron chi connectivity index (χ2n) is 7.60. The maximum absolute atomic E-state index is 12.7. The number of amides is 2. The smallest absolute Gasteiger partial charge is 0.417 e. The third-order valence-electron chi connectivity index (χ3n) is 3.73. The number of ether oxygens (including phenoxy) is 2. The lowest BCUT2D eigenvalue weighted by molar-refractivity contribution is -0.126. The number of hydrogen-bond donors (Lipinski definition) is 0. The van der Waals surface area contributed by atoms with Crippen molar-refractivity contribution in [3.63, 3.8) is 0 Å². The van der Waals surface area contributed by atoms with Crippen LogP contribution in [0.4, 0.5) is 4.79 Å². The van der Waals surface area contributed by atoms with E-state index in [0.717, 1.165) is 4.90 Å². The molecule has 0 spiro atoms. The van der Waals surface area contributed by atoms with Crippen molar-refractivity contribution in [1.29, 1.82) is 0 Å². The molecule has 2 rings (SSSR count). The van der Waals surface area contributed by atoms with Crippen LogP contribution >= 0.6 is 0 Å². The Morgan fingerprint density at radius 3 is 2.41 bits per heavy atom. The molecule has 0 aliphatic carbocycles. The van der Waals surface area contributed by atoms with Gasteiger partial charge in [-0.15, -0.1) is 0 Å². The van der Waals surface area contributed by atoms with Gasteiger partial charge in [0, 0.05) is 32.3 Å². The van der Waals surface area contributed by atoms with Crippen LogP contribution in [0.25, 0.3) is 0 Å². The summed E-state index contributed by atoms with van der Waals surface area (Å²) in [6.07, 6.45) is 1.22. The molecule has 1 fully saturated rings. The standard InChI is InChI=1S/C20H26N2O5/c1-20(2,3)27-19(25)22-16(11-15(17(22)23)12-21(4)5)13-26-18(24)14-9-7-6-8-10-14/h6-10,12,16H,11,13H2,1-5H3. The van der Waals surface area contributed by atoms with Gasteiger partial charge in [0.2, 0.25) is 0 Å². The topological polar surface area (TPSA) is 76.2 Å². The van der Waals surface area contributed by atoms with Crippen molar-refractivity contribution in [3.05, 3.63) is 47.7 Å². The highest BCUT2D eigenvalue weighted by Crippen LogP contribution is 2.27. The van der Waals surface area contributed by atoms with Gasteiger partial charge in [0.05, 0.1) is 11.6 Å². The summed E-state index contributed by atoms with van der Waals surface area (Å²) < 4.78 is 10.7. The van der Waals surface area contributed by atoms with Crippen LogP contribution in [0.2, 0.25) is 0 Å². The van der Waals surface area contributed by atoms with E-state index in [2.05, 4.69) is 0 Å². The second kappa shape index (κ2) is 8.24. The first-order valence-electron chi connectivity index (χ1n) is 8.74. The van der Waals surface area contributed by atoms with Crippen LogP contribution in [0.3, 0.4) is 0 Å². The SMILES string of the molecule is CN(C)C=C1CC(COC(=O)c2ccccc2)N(C(=O)OC(C)(C)C)C1=O. The number of benzene rings is 1. The zero-order valence-corrected chi connectivity index (χ0v) is 16.4. The Bertz CT molecular complexity index is 734. The predicted octanol–water partition coefficient (Wildman–Crippen LogP) is 2.82. The number of nitrogens with zero attached hydrogens (tertiary/aromatic N) is 2. The summed E-state index contributed by atoms with van der Waals surface area (Å²) in [5.74, 6) is -0.934. The van der Waals surface area contributed by atoms with Gasteiger partial charge in [0.25, 0.3) is 5.91 Å². The molecule has 1 aliphatic heterocycles. The molecular weight excluding hydrogens is 348 g/mol. The summed E-state index contributed by atoms with van der Waals surface area (Å²) in [5, 5.41) is 0. The lowest BCUT2D eigenvalue weighted by Gasteiger charge is -2.26. The third kappa shape index (κ3) is 5.57. The number of carbonyl (C=O) groups is 3. The minimum atomic E-state index is -0.740. The third-order valence-corrected chi connectivity index (χ3v) is 3.73. The molecule has 0 N–H and O–H groups in total. The average Bonchev–Trinajstić information content (AvgIpc) is 2.87. The summed E-state index contributed by atoms with van der Waals surface area (Å²) in [4.78, 5) is 40.2. The van der Waals surface area contributed by atoms with Gasteiger partial charge in [-0.3, -0.25) is 4.79 Å². The van der Waals surface area contributed by atoms with Crippen LogP contribution in [0.15, 0.2) is 42.1 Å². The maximum Gasteiger partial charge on any atom is 0.417 e. The average molecular weight is 374 g/mol. The highest BCUT2D eigenvalue weighted by atomic mass is 16.6. The fourth-order valence-electron chi connectivity index (χ4n) is 2.68. The van der Waals surface area contributed by atoms with E-state index in [-0.39, 0.29) is 6.61 Å². The Hall–Kier alpha value is -2.83. The molecule has 1 aromatic carbocycles. The molecule has 1 atom stereocenters. The van der Waals surface area contributed by atoms with Crippen LogP contribution in [0, 0.1) is 0 Å². The monoisotopic (exact) mass is 374 g/mol. The molecule has 0 aromatic heterocycles. The van der Waals surface area contributed by atoms with Crippen molar-refractivity contribution in [1.82, 2.24) is 9.80 Å².